The molecule has 2 amide bonds. The summed E-state index contributed by atoms with van der Waals surface area (Å²) in [6.07, 6.45) is 1.29. The first kappa shape index (κ1) is 20.7. The molecule has 28 heavy (non-hydrogen) atoms. The molecule has 0 spiro atoms. The van der Waals surface area contributed by atoms with E-state index >= 15 is 0 Å². The number of carbonyl (C=O) groups excluding carboxylic acids is 3. The fourth-order valence-electron chi connectivity index (χ4n) is 2.10. The van der Waals surface area contributed by atoms with Crippen LogP contribution < -0.4 is 20.1 Å². The average molecular weight is 391 g/mol. The third kappa shape index (κ3) is 6.31. The van der Waals surface area contributed by atoms with Crippen molar-refractivity contribution in [2.45, 2.75) is 13.8 Å². The highest BCUT2D eigenvalue weighted by Gasteiger charge is 2.14. The Balaban J connectivity index is 1.81. The lowest BCUT2D eigenvalue weighted by molar-refractivity contribution is -0.146. The Morgan fingerprint density at radius 2 is 1.82 bits per heavy atom. The number of hydrogen-bond donors (Lipinski definition) is 2. The molecule has 2 N–H and O–H groups in total. The van der Waals surface area contributed by atoms with Gasteiger partial charge in [-0.15, -0.1) is 0 Å². The lowest BCUT2D eigenvalue weighted by Crippen LogP contribution is -2.32. The number of aromatic nitrogens is 1. The molecular weight excluding hydrogens is 370 g/mol. The van der Waals surface area contributed by atoms with Gasteiger partial charge in [-0.25, -0.2) is 0 Å². The first-order valence-corrected chi connectivity index (χ1v) is 8.57. The maximum Gasteiger partial charge on any atom is 0.325 e. The number of rotatable bonds is 10. The number of carbonyl (C=O) groups is 3. The molecule has 0 aliphatic heterocycles. The SMILES string of the molecule is CCOc1ccc(C(=O)NCC(=O)OCC(=O)Nc2ccon2)cc1OCC. The number of hydrogen-bond acceptors (Lipinski definition) is 8. The molecule has 10 heteroatoms. The summed E-state index contributed by atoms with van der Waals surface area (Å²) in [6, 6.07) is 6.14. The Morgan fingerprint density at radius 1 is 1.07 bits per heavy atom. The molecular formula is C18H21N3O7. The quantitative estimate of drug-likeness (QED) is 0.581. The Labute approximate surface area is 161 Å². The van der Waals surface area contributed by atoms with E-state index in [0.29, 0.717) is 30.3 Å². The predicted octanol–water partition coefficient (Wildman–Crippen LogP) is 1.38. The molecule has 1 aromatic carbocycles. The second-order valence-corrected chi connectivity index (χ2v) is 5.30. The Morgan fingerprint density at radius 3 is 2.50 bits per heavy atom. The molecule has 0 saturated heterocycles. The van der Waals surface area contributed by atoms with Crippen LogP contribution in [0.3, 0.4) is 0 Å². The van der Waals surface area contributed by atoms with Gasteiger partial charge in [0, 0.05) is 11.6 Å². The van der Waals surface area contributed by atoms with E-state index in [0.717, 1.165) is 0 Å². The summed E-state index contributed by atoms with van der Waals surface area (Å²) in [7, 11) is 0. The highest BCUT2D eigenvalue weighted by Crippen LogP contribution is 2.28. The summed E-state index contributed by atoms with van der Waals surface area (Å²) < 4.78 is 20.2. The van der Waals surface area contributed by atoms with Crippen molar-refractivity contribution in [2.24, 2.45) is 0 Å². The zero-order chi connectivity index (χ0) is 20.4. The molecule has 0 radical (unpaired) electrons. The maximum atomic E-state index is 12.2. The number of esters is 1. The minimum absolute atomic E-state index is 0.204. The van der Waals surface area contributed by atoms with E-state index in [2.05, 4.69) is 20.3 Å². The zero-order valence-electron chi connectivity index (χ0n) is 15.5. The fraction of sp³-hybridized carbons (Fsp3) is 0.333. The number of benzene rings is 1. The van der Waals surface area contributed by atoms with Crippen molar-refractivity contribution in [3.63, 3.8) is 0 Å². The molecule has 0 aliphatic rings. The molecule has 150 valence electrons. The van der Waals surface area contributed by atoms with Gasteiger partial charge >= 0.3 is 5.97 Å². The van der Waals surface area contributed by atoms with E-state index in [1.807, 2.05) is 13.8 Å². The van der Waals surface area contributed by atoms with Gasteiger partial charge in [-0.1, -0.05) is 5.16 Å². The molecule has 0 saturated carbocycles. The molecule has 1 heterocycles. The van der Waals surface area contributed by atoms with Gasteiger partial charge in [-0.05, 0) is 32.0 Å². The summed E-state index contributed by atoms with van der Waals surface area (Å²) in [5, 5.41) is 8.28. The Hall–Kier alpha value is -3.56. The maximum absolute atomic E-state index is 12.2. The number of amides is 2. The van der Waals surface area contributed by atoms with Crippen LogP contribution in [0.25, 0.3) is 0 Å². The highest BCUT2D eigenvalue weighted by atomic mass is 16.5. The topological polar surface area (TPSA) is 129 Å². The third-order valence-electron chi connectivity index (χ3n) is 3.27. The van der Waals surface area contributed by atoms with Crippen molar-refractivity contribution < 1.29 is 33.1 Å². The van der Waals surface area contributed by atoms with E-state index < -0.39 is 30.9 Å². The van der Waals surface area contributed by atoms with Crippen molar-refractivity contribution in [3.05, 3.63) is 36.1 Å². The standard InChI is InChI=1S/C18H21N3O7/c1-3-25-13-6-5-12(9-14(13)26-4-2)18(24)19-10-17(23)27-11-16(22)20-15-7-8-28-21-15/h5-9H,3-4,10-11H2,1-2H3,(H,19,24)(H,20,21,22). The molecule has 0 unspecified atom stereocenters. The lowest BCUT2D eigenvalue weighted by atomic mass is 10.2. The molecule has 2 rings (SSSR count). The van der Waals surface area contributed by atoms with Crippen LogP contribution in [0.1, 0.15) is 24.2 Å². The second-order valence-electron chi connectivity index (χ2n) is 5.30. The summed E-state index contributed by atoms with van der Waals surface area (Å²) in [5.41, 5.74) is 0.295. The summed E-state index contributed by atoms with van der Waals surface area (Å²) in [5.74, 6) is -0.674. The Bertz CT molecular complexity index is 806. The van der Waals surface area contributed by atoms with Gasteiger partial charge in [0.15, 0.2) is 23.9 Å². The molecule has 1 aromatic heterocycles. The molecule has 0 atom stereocenters. The van der Waals surface area contributed by atoms with Crippen LogP contribution in [0.15, 0.2) is 35.1 Å². The molecule has 0 aliphatic carbocycles. The van der Waals surface area contributed by atoms with Crippen LogP contribution in [-0.4, -0.2) is 49.3 Å². The van der Waals surface area contributed by atoms with E-state index in [1.165, 1.54) is 18.4 Å². The van der Waals surface area contributed by atoms with Gasteiger partial charge in [-0.3, -0.25) is 14.4 Å². The van der Waals surface area contributed by atoms with Gasteiger partial charge in [0.25, 0.3) is 11.8 Å². The van der Waals surface area contributed by atoms with Crippen LogP contribution in [0.2, 0.25) is 0 Å². The van der Waals surface area contributed by atoms with Crippen molar-refractivity contribution in [1.82, 2.24) is 10.5 Å². The normalized spacial score (nSPS) is 10.1. The number of anilines is 1. The average Bonchev–Trinajstić information content (AvgIpc) is 3.19. The fourth-order valence-corrected chi connectivity index (χ4v) is 2.10. The van der Waals surface area contributed by atoms with E-state index in [4.69, 9.17) is 14.2 Å². The first-order valence-electron chi connectivity index (χ1n) is 8.57. The minimum atomic E-state index is -0.764. The Kier molecular flexibility index (Phi) is 7.82. The van der Waals surface area contributed by atoms with Crippen molar-refractivity contribution in [1.29, 1.82) is 0 Å². The van der Waals surface area contributed by atoms with Crippen LogP contribution in [0.5, 0.6) is 11.5 Å². The summed E-state index contributed by atoms with van der Waals surface area (Å²) in [6.45, 7) is 3.62. The molecule has 0 bridgehead atoms. The van der Waals surface area contributed by atoms with Crippen molar-refractivity contribution in [3.8, 4) is 11.5 Å². The predicted molar refractivity (Wildman–Crippen MR) is 97.2 cm³/mol. The number of nitrogens with one attached hydrogen (secondary N) is 2. The van der Waals surface area contributed by atoms with E-state index in [1.54, 1.807) is 12.1 Å². The smallest absolute Gasteiger partial charge is 0.325 e. The van der Waals surface area contributed by atoms with Gasteiger partial charge in [0.05, 0.1) is 13.2 Å². The van der Waals surface area contributed by atoms with E-state index in [-0.39, 0.29) is 5.82 Å². The van der Waals surface area contributed by atoms with Crippen LogP contribution in [0, 0.1) is 0 Å². The minimum Gasteiger partial charge on any atom is -0.490 e. The number of nitrogens with zero attached hydrogens (tertiary/aromatic N) is 1. The number of ether oxygens (including phenoxy) is 3. The van der Waals surface area contributed by atoms with E-state index in [9.17, 15) is 14.4 Å². The largest absolute Gasteiger partial charge is 0.490 e. The van der Waals surface area contributed by atoms with Crippen LogP contribution in [-0.2, 0) is 14.3 Å². The zero-order valence-corrected chi connectivity index (χ0v) is 15.5. The van der Waals surface area contributed by atoms with Crippen LogP contribution >= 0.6 is 0 Å². The third-order valence-corrected chi connectivity index (χ3v) is 3.27. The summed E-state index contributed by atoms with van der Waals surface area (Å²) >= 11 is 0. The van der Waals surface area contributed by atoms with Gasteiger partial charge < -0.3 is 29.4 Å². The monoisotopic (exact) mass is 391 g/mol. The lowest BCUT2D eigenvalue weighted by Gasteiger charge is -2.12. The molecule has 2 aromatic rings. The van der Waals surface area contributed by atoms with Gasteiger partial charge in [0.1, 0.15) is 12.8 Å². The first-order chi connectivity index (χ1) is 13.5. The molecule has 10 nitrogen and oxygen atoms in total. The second kappa shape index (κ2) is 10.6. The molecule has 0 fully saturated rings. The van der Waals surface area contributed by atoms with Gasteiger partial charge in [-0.2, -0.15) is 0 Å². The highest BCUT2D eigenvalue weighted by molar-refractivity contribution is 5.97. The van der Waals surface area contributed by atoms with Crippen molar-refractivity contribution >= 4 is 23.6 Å². The van der Waals surface area contributed by atoms with Crippen molar-refractivity contribution in [2.75, 3.05) is 31.7 Å². The van der Waals surface area contributed by atoms with Gasteiger partial charge in [0.2, 0.25) is 0 Å². The summed E-state index contributed by atoms with van der Waals surface area (Å²) in [4.78, 5) is 35.5. The van der Waals surface area contributed by atoms with Crippen LogP contribution in [0.4, 0.5) is 5.82 Å².